The van der Waals surface area contributed by atoms with E-state index in [0.29, 0.717) is 6.54 Å². The Balaban J connectivity index is 2.14. The van der Waals surface area contributed by atoms with E-state index in [1.54, 1.807) is 0 Å². The molecule has 1 aliphatic heterocycles. The van der Waals surface area contributed by atoms with Crippen LogP contribution in [0.1, 0.15) is 11.7 Å². The van der Waals surface area contributed by atoms with Crippen LogP contribution in [0, 0.1) is 0 Å². The summed E-state index contributed by atoms with van der Waals surface area (Å²) in [4.78, 5) is 3.98. The molecule has 0 radical (unpaired) electrons. The minimum absolute atomic E-state index is 0.00639. The zero-order valence-electron chi connectivity index (χ0n) is 6.90. The molecule has 1 unspecified atom stereocenters. The summed E-state index contributed by atoms with van der Waals surface area (Å²) in [6, 6.07) is 8.25. The number of rotatable bonds is 1. The lowest BCUT2D eigenvalue weighted by Gasteiger charge is -2.09. The smallest absolute Gasteiger partial charge is 0.282 e. The molecule has 1 aromatic rings. The molecule has 0 saturated heterocycles. The summed E-state index contributed by atoms with van der Waals surface area (Å²) in [6.07, 6.45) is -0.00639. The third-order valence-electron chi connectivity index (χ3n) is 1.92. The summed E-state index contributed by atoms with van der Waals surface area (Å²) < 4.78 is 6.36. The van der Waals surface area contributed by atoms with Crippen molar-refractivity contribution in [3.8, 4) is 0 Å². The molecule has 0 bridgehead atoms. The largest absolute Gasteiger partial charge is 0.455 e. The number of benzene rings is 1. The predicted molar refractivity (Wildman–Crippen MR) is 54.5 cm³/mol. The molecule has 68 valence electrons. The molecule has 0 fully saturated rings. The van der Waals surface area contributed by atoms with E-state index in [1.165, 1.54) is 0 Å². The van der Waals surface area contributed by atoms with E-state index >= 15 is 0 Å². The summed E-state index contributed by atoms with van der Waals surface area (Å²) in [6.45, 7) is 0.619. The van der Waals surface area contributed by atoms with Crippen LogP contribution in [0.5, 0.6) is 0 Å². The highest BCUT2D eigenvalue weighted by Crippen LogP contribution is 2.23. The van der Waals surface area contributed by atoms with Crippen LogP contribution in [-0.2, 0) is 4.74 Å². The summed E-state index contributed by atoms with van der Waals surface area (Å²) in [5.74, 6) is 0. The lowest BCUT2D eigenvalue weighted by molar-refractivity contribution is 0.226. The van der Waals surface area contributed by atoms with Crippen molar-refractivity contribution in [3.05, 3.63) is 34.3 Å². The molecule has 1 heterocycles. The van der Waals surface area contributed by atoms with Gasteiger partial charge in [0, 0.05) is 4.47 Å². The Hall–Kier alpha value is -1.03. The Morgan fingerprint density at radius 2 is 2.08 bits per heavy atom. The standard InChI is InChI=1S/C9H9BrN2O/c10-7-3-1-6(2-4-7)8-5-12-9(11)13-8/h1-4,8H,5H2,(H2,11,12). The third-order valence-corrected chi connectivity index (χ3v) is 2.45. The van der Waals surface area contributed by atoms with E-state index < -0.39 is 0 Å². The van der Waals surface area contributed by atoms with Crippen molar-refractivity contribution in [3.63, 3.8) is 0 Å². The first kappa shape index (κ1) is 8.56. The zero-order chi connectivity index (χ0) is 9.26. The Kier molecular flexibility index (Phi) is 2.22. The number of amidine groups is 1. The first-order valence-electron chi connectivity index (χ1n) is 3.98. The molecule has 1 atom stereocenters. The summed E-state index contributed by atoms with van der Waals surface area (Å²) in [7, 11) is 0. The van der Waals surface area contributed by atoms with E-state index in [-0.39, 0.29) is 12.1 Å². The number of nitrogens with two attached hydrogens (primary N) is 1. The topological polar surface area (TPSA) is 47.6 Å². The van der Waals surface area contributed by atoms with E-state index in [0.717, 1.165) is 10.0 Å². The summed E-state index contributed by atoms with van der Waals surface area (Å²) in [5.41, 5.74) is 6.51. The van der Waals surface area contributed by atoms with Crippen molar-refractivity contribution in [2.45, 2.75) is 6.10 Å². The lowest BCUT2D eigenvalue weighted by Crippen LogP contribution is -2.12. The quantitative estimate of drug-likeness (QED) is 0.815. The minimum atomic E-state index is -0.00639. The van der Waals surface area contributed by atoms with Gasteiger partial charge < -0.3 is 10.5 Å². The van der Waals surface area contributed by atoms with Crippen LogP contribution in [-0.4, -0.2) is 12.6 Å². The van der Waals surface area contributed by atoms with Gasteiger partial charge in [0.25, 0.3) is 6.02 Å². The zero-order valence-corrected chi connectivity index (χ0v) is 8.49. The molecule has 0 saturated carbocycles. The van der Waals surface area contributed by atoms with Gasteiger partial charge in [-0.15, -0.1) is 0 Å². The second kappa shape index (κ2) is 3.38. The Morgan fingerprint density at radius 1 is 1.38 bits per heavy atom. The van der Waals surface area contributed by atoms with Gasteiger partial charge in [0.15, 0.2) is 0 Å². The predicted octanol–water partition coefficient (Wildman–Crippen LogP) is 1.84. The van der Waals surface area contributed by atoms with Gasteiger partial charge in [-0.1, -0.05) is 28.1 Å². The fourth-order valence-corrected chi connectivity index (χ4v) is 1.51. The molecule has 0 aromatic heterocycles. The molecule has 0 amide bonds. The maximum absolute atomic E-state index is 5.41. The first-order valence-corrected chi connectivity index (χ1v) is 4.77. The van der Waals surface area contributed by atoms with Crippen molar-refractivity contribution in [1.82, 2.24) is 0 Å². The van der Waals surface area contributed by atoms with Crippen LogP contribution in [0.4, 0.5) is 0 Å². The van der Waals surface area contributed by atoms with Crippen LogP contribution < -0.4 is 5.73 Å². The van der Waals surface area contributed by atoms with Gasteiger partial charge in [-0.2, -0.15) is 0 Å². The number of hydrogen-bond acceptors (Lipinski definition) is 3. The molecule has 1 aliphatic rings. The van der Waals surface area contributed by atoms with Gasteiger partial charge in [0.05, 0.1) is 6.54 Å². The van der Waals surface area contributed by atoms with Crippen molar-refractivity contribution >= 4 is 22.0 Å². The van der Waals surface area contributed by atoms with Gasteiger partial charge in [-0.05, 0) is 17.7 Å². The summed E-state index contributed by atoms with van der Waals surface area (Å²) >= 11 is 3.37. The van der Waals surface area contributed by atoms with Crippen molar-refractivity contribution in [1.29, 1.82) is 0 Å². The molecule has 0 spiro atoms. The molecule has 2 rings (SSSR count). The monoisotopic (exact) mass is 240 g/mol. The van der Waals surface area contributed by atoms with Gasteiger partial charge >= 0.3 is 0 Å². The summed E-state index contributed by atoms with van der Waals surface area (Å²) in [5, 5.41) is 0. The van der Waals surface area contributed by atoms with Crippen LogP contribution in [0.2, 0.25) is 0 Å². The van der Waals surface area contributed by atoms with Gasteiger partial charge in [0.2, 0.25) is 0 Å². The molecule has 4 heteroatoms. The number of ether oxygens (including phenoxy) is 1. The van der Waals surface area contributed by atoms with Crippen molar-refractivity contribution in [2.75, 3.05) is 6.54 Å². The first-order chi connectivity index (χ1) is 6.25. The van der Waals surface area contributed by atoms with E-state index in [2.05, 4.69) is 20.9 Å². The Labute approximate surface area is 84.7 Å². The second-order valence-electron chi connectivity index (χ2n) is 2.84. The molecule has 2 N–H and O–H groups in total. The fourth-order valence-electron chi connectivity index (χ4n) is 1.24. The highest BCUT2D eigenvalue weighted by Gasteiger charge is 2.18. The lowest BCUT2D eigenvalue weighted by atomic mass is 10.1. The van der Waals surface area contributed by atoms with E-state index in [9.17, 15) is 0 Å². The number of halogens is 1. The third kappa shape index (κ3) is 1.83. The van der Waals surface area contributed by atoms with Crippen molar-refractivity contribution in [2.24, 2.45) is 10.7 Å². The molecule has 13 heavy (non-hydrogen) atoms. The maximum atomic E-state index is 5.41. The SMILES string of the molecule is NC1=NCC(c2ccc(Br)cc2)O1. The van der Waals surface area contributed by atoms with Gasteiger partial charge in [0.1, 0.15) is 6.10 Å². The fraction of sp³-hybridized carbons (Fsp3) is 0.222. The van der Waals surface area contributed by atoms with E-state index in [4.69, 9.17) is 10.5 Å². The molecular weight excluding hydrogens is 232 g/mol. The van der Waals surface area contributed by atoms with Gasteiger partial charge in [-0.3, -0.25) is 0 Å². The molecule has 0 aliphatic carbocycles. The minimum Gasteiger partial charge on any atom is -0.455 e. The van der Waals surface area contributed by atoms with Gasteiger partial charge in [-0.25, -0.2) is 4.99 Å². The van der Waals surface area contributed by atoms with Crippen LogP contribution >= 0.6 is 15.9 Å². The maximum Gasteiger partial charge on any atom is 0.282 e. The number of aliphatic imine (C=N–C) groups is 1. The Morgan fingerprint density at radius 3 is 2.62 bits per heavy atom. The van der Waals surface area contributed by atoms with Crippen LogP contribution in [0.3, 0.4) is 0 Å². The molecule has 3 nitrogen and oxygen atoms in total. The normalized spacial score (nSPS) is 21.0. The molecular formula is C9H9BrN2O. The van der Waals surface area contributed by atoms with E-state index in [1.807, 2.05) is 24.3 Å². The molecule has 1 aromatic carbocycles. The second-order valence-corrected chi connectivity index (χ2v) is 3.75. The average molecular weight is 241 g/mol. The van der Waals surface area contributed by atoms with Crippen LogP contribution in [0.15, 0.2) is 33.7 Å². The highest BCUT2D eigenvalue weighted by molar-refractivity contribution is 9.10. The average Bonchev–Trinajstić information content (AvgIpc) is 2.53. The van der Waals surface area contributed by atoms with Crippen LogP contribution in [0.25, 0.3) is 0 Å². The number of hydrogen-bond donors (Lipinski definition) is 1. The Bertz CT molecular complexity index is 334. The highest BCUT2D eigenvalue weighted by atomic mass is 79.9. The van der Waals surface area contributed by atoms with Crippen molar-refractivity contribution < 1.29 is 4.74 Å². The number of nitrogens with zero attached hydrogens (tertiary/aromatic N) is 1.